The van der Waals surface area contributed by atoms with Crippen molar-refractivity contribution in [3.05, 3.63) is 57.6 Å². The standard InChI is InChI=1S/C16H16OS/c1-4-14-13(10-9-11(2)3)16(17)12-7-5-6-8-15(12)18-14/h4-11H,1H2,2-3H3. The van der Waals surface area contributed by atoms with Crippen molar-refractivity contribution in [3.8, 4) is 0 Å². The Labute approximate surface area is 111 Å². The van der Waals surface area contributed by atoms with Gasteiger partial charge in [-0.1, -0.05) is 50.8 Å². The van der Waals surface area contributed by atoms with Gasteiger partial charge in [0.25, 0.3) is 0 Å². The molecular weight excluding hydrogens is 240 g/mol. The Morgan fingerprint density at radius 2 is 2.00 bits per heavy atom. The van der Waals surface area contributed by atoms with E-state index in [9.17, 15) is 4.79 Å². The maximum Gasteiger partial charge on any atom is 0.195 e. The molecule has 2 rings (SSSR count). The summed E-state index contributed by atoms with van der Waals surface area (Å²) in [7, 11) is 0. The molecular formula is C16H16OS. The number of benzene rings is 1. The molecule has 0 aliphatic carbocycles. The normalized spacial score (nSPS) is 11.5. The molecule has 0 aliphatic rings. The molecule has 0 unspecified atom stereocenters. The van der Waals surface area contributed by atoms with Crippen molar-refractivity contribution in [3.63, 3.8) is 0 Å². The third-order valence-corrected chi connectivity index (χ3v) is 3.88. The Morgan fingerprint density at radius 3 is 2.67 bits per heavy atom. The second kappa shape index (κ2) is 5.32. The van der Waals surface area contributed by atoms with Crippen LogP contribution in [0.2, 0.25) is 0 Å². The summed E-state index contributed by atoms with van der Waals surface area (Å²) in [5, 5.41) is 0.788. The molecule has 1 heterocycles. The van der Waals surface area contributed by atoms with Crippen LogP contribution in [0, 0.1) is 5.92 Å². The molecule has 0 radical (unpaired) electrons. The van der Waals surface area contributed by atoms with E-state index in [0.29, 0.717) is 5.92 Å². The van der Waals surface area contributed by atoms with Gasteiger partial charge in [-0.25, -0.2) is 0 Å². The molecule has 2 heteroatoms. The van der Waals surface area contributed by atoms with Gasteiger partial charge < -0.3 is 0 Å². The Morgan fingerprint density at radius 1 is 1.28 bits per heavy atom. The minimum absolute atomic E-state index is 0.0937. The fourth-order valence-corrected chi connectivity index (χ4v) is 2.78. The van der Waals surface area contributed by atoms with Crippen LogP contribution in [0.1, 0.15) is 24.3 Å². The summed E-state index contributed by atoms with van der Waals surface area (Å²) in [6, 6.07) is 7.72. The van der Waals surface area contributed by atoms with Gasteiger partial charge in [0.1, 0.15) is 0 Å². The molecule has 0 fully saturated rings. The highest BCUT2D eigenvalue weighted by atomic mass is 32.1. The lowest BCUT2D eigenvalue weighted by molar-refractivity contribution is 0.836. The van der Waals surface area contributed by atoms with Crippen molar-refractivity contribution in [2.24, 2.45) is 5.92 Å². The monoisotopic (exact) mass is 256 g/mol. The highest BCUT2D eigenvalue weighted by Crippen LogP contribution is 2.23. The molecule has 0 amide bonds. The molecule has 0 spiro atoms. The Hall–Kier alpha value is -1.67. The zero-order valence-electron chi connectivity index (χ0n) is 10.6. The molecule has 1 aromatic heterocycles. The number of rotatable bonds is 3. The first-order chi connectivity index (χ1) is 8.63. The predicted octanol–water partition coefficient (Wildman–Crippen LogP) is 4.57. The maximum atomic E-state index is 12.4. The summed E-state index contributed by atoms with van der Waals surface area (Å²) in [5.41, 5.74) is 0.846. The molecule has 0 N–H and O–H groups in total. The van der Waals surface area contributed by atoms with E-state index in [1.54, 1.807) is 17.4 Å². The highest BCUT2D eigenvalue weighted by molar-refractivity contribution is 7.19. The molecule has 0 atom stereocenters. The minimum atomic E-state index is 0.0937. The molecule has 2 aromatic rings. The minimum Gasteiger partial charge on any atom is -0.289 e. The van der Waals surface area contributed by atoms with Crippen LogP contribution >= 0.6 is 11.3 Å². The van der Waals surface area contributed by atoms with E-state index >= 15 is 0 Å². The summed E-state index contributed by atoms with van der Waals surface area (Å²) < 4.78 is 1.01. The van der Waals surface area contributed by atoms with Crippen molar-refractivity contribution in [2.75, 3.05) is 0 Å². The van der Waals surface area contributed by atoms with E-state index in [-0.39, 0.29) is 5.43 Å². The van der Waals surface area contributed by atoms with Gasteiger partial charge in [0.15, 0.2) is 5.43 Å². The fourth-order valence-electron chi connectivity index (χ4n) is 1.77. The molecule has 92 valence electrons. The zero-order valence-corrected chi connectivity index (χ0v) is 11.5. The lowest BCUT2D eigenvalue weighted by atomic mass is 10.1. The van der Waals surface area contributed by atoms with Crippen LogP contribution in [-0.2, 0) is 0 Å². The molecule has 0 bridgehead atoms. The van der Waals surface area contributed by atoms with Crippen molar-refractivity contribution in [1.29, 1.82) is 0 Å². The largest absolute Gasteiger partial charge is 0.289 e. The molecule has 1 aromatic carbocycles. The van der Waals surface area contributed by atoms with Crippen LogP contribution in [0.25, 0.3) is 22.2 Å². The fraction of sp³-hybridized carbons (Fsp3) is 0.188. The van der Waals surface area contributed by atoms with Gasteiger partial charge in [-0.3, -0.25) is 4.79 Å². The quantitative estimate of drug-likeness (QED) is 0.786. The van der Waals surface area contributed by atoms with E-state index in [2.05, 4.69) is 20.4 Å². The predicted molar refractivity (Wildman–Crippen MR) is 82.1 cm³/mol. The SMILES string of the molecule is C=Cc1sc2ccccc2c(=O)c1C=CC(C)C. The number of allylic oxidation sites excluding steroid dienone is 1. The maximum absolute atomic E-state index is 12.4. The first-order valence-electron chi connectivity index (χ1n) is 6.00. The van der Waals surface area contributed by atoms with Crippen LogP contribution in [0.3, 0.4) is 0 Å². The number of hydrogen-bond acceptors (Lipinski definition) is 2. The summed E-state index contributed by atoms with van der Waals surface area (Å²) in [6.07, 6.45) is 5.73. The van der Waals surface area contributed by atoms with Crippen molar-refractivity contribution >= 4 is 33.6 Å². The van der Waals surface area contributed by atoms with Crippen LogP contribution in [0.5, 0.6) is 0 Å². The van der Waals surface area contributed by atoms with E-state index < -0.39 is 0 Å². The van der Waals surface area contributed by atoms with Crippen molar-refractivity contribution < 1.29 is 0 Å². The van der Waals surface area contributed by atoms with Gasteiger partial charge in [0.2, 0.25) is 0 Å². The third-order valence-electron chi connectivity index (χ3n) is 2.69. The summed E-state index contributed by atoms with van der Waals surface area (Å²) in [5.74, 6) is 0.429. The summed E-state index contributed by atoms with van der Waals surface area (Å²) >= 11 is 1.61. The second-order valence-corrected chi connectivity index (χ2v) is 5.60. The zero-order chi connectivity index (χ0) is 13.1. The molecule has 0 saturated carbocycles. The topological polar surface area (TPSA) is 17.1 Å². The number of fused-ring (bicyclic) bond motifs is 1. The molecule has 1 nitrogen and oxygen atoms in total. The second-order valence-electron chi connectivity index (χ2n) is 4.51. The van der Waals surface area contributed by atoms with Crippen molar-refractivity contribution in [2.45, 2.75) is 13.8 Å². The van der Waals surface area contributed by atoms with Crippen molar-refractivity contribution in [1.82, 2.24) is 0 Å². The van der Waals surface area contributed by atoms with Gasteiger partial charge in [-0.15, -0.1) is 11.3 Å². The van der Waals surface area contributed by atoms with Crippen LogP contribution in [0.4, 0.5) is 0 Å². The van der Waals surface area contributed by atoms with Gasteiger partial charge >= 0.3 is 0 Å². The smallest absolute Gasteiger partial charge is 0.195 e. The van der Waals surface area contributed by atoms with E-state index in [1.807, 2.05) is 36.4 Å². The molecule has 0 aliphatic heterocycles. The average molecular weight is 256 g/mol. The molecule has 18 heavy (non-hydrogen) atoms. The van der Waals surface area contributed by atoms with Gasteiger partial charge in [-0.05, 0) is 18.1 Å². The Kier molecular flexibility index (Phi) is 3.78. The number of hydrogen-bond donors (Lipinski definition) is 0. The Balaban J connectivity index is 2.74. The summed E-state index contributed by atoms with van der Waals surface area (Å²) in [4.78, 5) is 13.4. The van der Waals surface area contributed by atoms with E-state index in [0.717, 1.165) is 20.5 Å². The summed E-state index contributed by atoms with van der Waals surface area (Å²) in [6.45, 7) is 8.00. The Bertz CT molecular complexity index is 662. The lowest BCUT2D eigenvalue weighted by Gasteiger charge is -2.03. The first kappa shape index (κ1) is 12.8. The van der Waals surface area contributed by atoms with Crippen LogP contribution in [-0.4, -0.2) is 0 Å². The molecule has 0 saturated heterocycles. The van der Waals surface area contributed by atoms with Crippen LogP contribution in [0.15, 0.2) is 41.7 Å². The average Bonchev–Trinajstić information content (AvgIpc) is 2.37. The third kappa shape index (κ3) is 2.44. The van der Waals surface area contributed by atoms with E-state index in [4.69, 9.17) is 0 Å². The lowest BCUT2D eigenvalue weighted by Crippen LogP contribution is -2.06. The highest BCUT2D eigenvalue weighted by Gasteiger charge is 2.07. The van der Waals surface area contributed by atoms with Gasteiger partial charge in [-0.2, -0.15) is 0 Å². The first-order valence-corrected chi connectivity index (χ1v) is 6.81. The van der Waals surface area contributed by atoms with Gasteiger partial charge in [0.05, 0.1) is 0 Å². The van der Waals surface area contributed by atoms with E-state index in [1.165, 1.54) is 0 Å². The van der Waals surface area contributed by atoms with Crippen LogP contribution < -0.4 is 5.43 Å². The van der Waals surface area contributed by atoms with Gasteiger partial charge in [0, 0.05) is 20.5 Å².